The van der Waals surface area contributed by atoms with Gasteiger partial charge in [0.1, 0.15) is 5.75 Å². The Bertz CT molecular complexity index is 1240. The Morgan fingerprint density at radius 2 is 1.37 bits per heavy atom. The van der Waals surface area contributed by atoms with Crippen molar-refractivity contribution in [2.75, 3.05) is 54.9 Å². The molecule has 4 rings (SSSR count). The van der Waals surface area contributed by atoms with Gasteiger partial charge in [0.15, 0.2) is 0 Å². The molecule has 0 saturated carbocycles. The summed E-state index contributed by atoms with van der Waals surface area (Å²) < 4.78 is 7.85. The van der Waals surface area contributed by atoms with Gasteiger partial charge in [0.25, 0.3) is 0 Å². The summed E-state index contributed by atoms with van der Waals surface area (Å²) in [5.74, 6) is 0.884. The summed E-state index contributed by atoms with van der Waals surface area (Å²) in [6, 6.07) is 22.2. The molecule has 0 amide bonds. The van der Waals surface area contributed by atoms with Gasteiger partial charge in [0, 0.05) is 34.9 Å². The van der Waals surface area contributed by atoms with E-state index in [4.69, 9.17) is 4.74 Å². The Balaban J connectivity index is 1.67. The van der Waals surface area contributed by atoms with Crippen LogP contribution in [0.15, 0.2) is 60.7 Å². The Morgan fingerprint density at radius 1 is 0.743 bits per heavy atom. The first-order chi connectivity index (χ1) is 17.0. The summed E-state index contributed by atoms with van der Waals surface area (Å²) in [5.41, 5.74) is 6.42. The van der Waals surface area contributed by atoms with Gasteiger partial charge in [0.2, 0.25) is 0 Å². The molecule has 0 unspecified atom stereocenters. The molecule has 0 saturated heterocycles. The van der Waals surface area contributed by atoms with E-state index in [-0.39, 0.29) is 0 Å². The minimum Gasteiger partial charge on any atom is -0.497 e. The lowest BCUT2D eigenvalue weighted by Crippen LogP contribution is -2.20. The van der Waals surface area contributed by atoms with Gasteiger partial charge in [-0.05, 0) is 114 Å². The van der Waals surface area contributed by atoms with Crippen molar-refractivity contribution < 1.29 is 4.74 Å². The van der Waals surface area contributed by atoms with E-state index in [1.54, 1.807) is 7.11 Å². The van der Waals surface area contributed by atoms with E-state index in [1.807, 2.05) is 12.1 Å². The molecule has 1 heterocycles. The number of rotatable bonds is 12. The number of methoxy groups -OCH3 is 1. The SMILES string of the molecule is COc1ccc(-c2ccc3c(c2)c2cc(CNCCCN(C)C)ccc2n3CCCN(C)C)cc1. The van der Waals surface area contributed by atoms with Crippen molar-refractivity contribution in [3.05, 3.63) is 66.2 Å². The molecule has 1 aromatic heterocycles. The first-order valence-electron chi connectivity index (χ1n) is 12.7. The molecular weight excluding hydrogens is 432 g/mol. The Hall–Kier alpha value is -2.86. The van der Waals surface area contributed by atoms with Crippen LogP contribution < -0.4 is 10.1 Å². The zero-order valence-corrected chi connectivity index (χ0v) is 22.0. The van der Waals surface area contributed by atoms with Crippen LogP contribution in [0.25, 0.3) is 32.9 Å². The predicted molar refractivity (Wildman–Crippen MR) is 149 cm³/mol. The number of aryl methyl sites for hydroxylation is 1. The highest BCUT2D eigenvalue weighted by Crippen LogP contribution is 2.34. The molecular formula is C30H40N4O. The second-order valence-corrected chi connectivity index (χ2v) is 9.95. The first kappa shape index (κ1) is 25.2. The van der Waals surface area contributed by atoms with Crippen LogP contribution in [0.3, 0.4) is 0 Å². The number of nitrogens with zero attached hydrogens (tertiary/aromatic N) is 3. The summed E-state index contributed by atoms with van der Waals surface area (Å²) in [6.07, 6.45) is 2.28. The van der Waals surface area contributed by atoms with Crippen LogP contribution in [-0.4, -0.2) is 69.3 Å². The molecule has 0 spiro atoms. The number of aromatic nitrogens is 1. The molecule has 0 atom stereocenters. The molecule has 0 aliphatic heterocycles. The van der Waals surface area contributed by atoms with E-state index < -0.39 is 0 Å². The second-order valence-electron chi connectivity index (χ2n) is 9.95. The predicted octanol–water partition coefficient (Wildman–Crippen LogP) is 5.46. The van der Waals surface area contributed by atoms with Crippen molar-refractivity contribution in [3.8, 4) is 16.9 Å². The van der Waals surface area contributed by atoms with Crippen LogP contribution in [0, 0.1) is 0 Å². The summed E-state index contributed by atoms with van der Waals surface area (Å²) >= 11 is 0. The molecule has 3 aromatic carbocycles. The van der Waals surface area contributed by atoms with E-state index in [1.165, 1.54) is 38.5 Å². The lowest BCUT2D eigenvalue weighted by molar-refractivity contribution is 0.389. The van der Waals surface area contributed by atoms with Crippen LogP contribution >= 0.6 is 0 Å². The van der Waals surface area contributed by atoms with Crippen LogP contribution in [0.2, 0.25) is 0 Å². The zero-order chi connectivity index (χ0) is 24.8. The molecule has 5 heteroatoms. The number of ether oxygens (including phenoxy) is 1. The topological polar surface area (TPSA) is 32.7 Å². The summed E-state index contributed by atoms with van der Waals surface area (Å²) in [4.78, 5) is 4.50. The molecule has 0 fully saturated rings. The number of hydrogen-bond acceptors (Lipinski definition) is 4. The second kappa shape index (κ2) is 11.7. The van der Waals surface area contributed by atoms with Gasteiger partial charge < -0.3 is 24.4 Å². The highest BCUT2D eigenvalue weighted by atomic mass is 16.5. The Morgan fingerprint density at radius 3 is 2.06 bits per heavy atom. The van der Waals surface area contributed by atoms with Crippen molar-refractivity contribution in [2.45, 2.75) is 25.9 Å². The van der Waals surface area contributed by atoms with Crippen molar-refractivity contribution >= 4 is 21.8 Å². The Kier molecular flexibility index (Phi) is 8.45. The third-order valence-electron chi connectivity index (χ3n) is 6.63. The maximum atomic E-state index is 5.35. The number of benzene rings is 3. The lowest BCUT2D eigenvalue weighted by Gasteiger charge is -2.12. The maximum absolute atomic E-state index is 5.35. The van der Waals surface area contributed by atoms with E-state index in [0.717, 1.165) is 51.3 Å². The standard InChI is InChI=1S/C30H40N4O/c1-32(2)17-6-16-31-22-23-8-14-29-27(20-23)28-21-25(24-9-12-26(35-5)13-10-24)11-15-30(28)34(29)19-7-18-33(3)4/h8-15,20-21,31H,6-7,16-19,22H2,1-5H3. The van der Waals surface area contributed by atoms with Gasteiger partial charge in [-0.25, -0.2) is 0 Å². The minimum absolute atomic E-state index is 0.884. The van der Waals surface area contributed by atoms with Crippen LogP contribution in [0.4, 0.5) is 0 Å². The third kappa shape index (κ3) is 6.23. The molecule has 0 bridgehead atoms. The van der Waals surface area contributed by atoms with Crippen molar-refractivity contribution in [2.24, 2.45) is 0 Å². The minimum atomic E-state index is 0.884. The van der Waals surface area contributed by atoms with Gasteiger partial charge in [-0.1, -0.05) is 24.3 Å². The average molecular weight is 473 g/mol. The monoisotopic (exact) mass is 472 g/mol. The van der Waals surface area contributed by atoms with E-state index >= 15 is 0 Å². The van der Waals surface area contributed by atoms with E-state index in [9.17, 15) is 0 Å². The summed E-state index contributed by atoms with van der Waals surface area (Å²) in [7, 11) is 10.3. The Labute approximate surface area is 210 Å². The molecule has 0 aliphatic carbocycles. The maximum Gasteiger partial charge on any atom is 0.118 e. The average Bonchev–Trinajstić information content (AvgIpc) is 3.16. The fraction of sp³-hybridized carbons (Fsp3) is 0.400. The molecule has 0 aliphatic rings. The third-order valence-corrected chi connectivity index (χ3v) is 6.63. The van der Waals surface area contributed by atoms with Crippen molar-refractivity contribution in [3.63, 3.8) is 0 Å². The quantitative estimate of drug-likeness (QED) is 0.278. The van der Waals surface area contributed by atoms with Crippen molar-refractivity contribution in [1.29, 1.82) is 0 Å². The fourth-order valence-corrected chi connectivity index (χ4v) is 4.76. The summed E-state index contributed by atoms with van der Waals surface area (Å²) in [6.45, 7) is 5.14. The smallest absolute Gasteiger partial charge is 0.118 e. The van der Waals surface area contributed by atoms with Gasteiger partial charge in [-0.3, -0.25) is 0 Å². The van der Waals surface area contributed by atoms with Crippen LogP contribution in [-0.2, 0) is 13.1 Å². The summed E-state index contributed by atoms with van der Waals surface area (Å²) in [5, 5.41) is 6.29. The molecule has 186 valence electrons. The van der Waals surface area contributed by atoms with Crippen LogP contribution in [0.1, 0.15) is 18.4 Å². The molecule has 1 N–H and O–H groups in total. The van der Waals surface area contributed by atoms with E-state index in [2.05, 4.69) is 96.4 Å². The molecule has 0 radical (unpaired) electrons. The zero-order valence-electron chi connectivity index (χ0n) is 22.0. The van der Waals surface area contributed by atoms with Crippen LogP contribution in [0.5, 0.6) is 5.75 Å². The molecule has 35 heavy (non-hydrogen) atoms. The van der Waals surface area contributed by atoms with E-state index in [0.29, 0.717) is 0 Å². The molecule has 4 aromatic rings. The largest absolute Gasteiger partial charge is 0.497 e. The molecule has 5 nitrogen and oxygen atoms in total. The lowest BCUT2D eigenvalue weighted by atomic mass is 10.0. The van der Waals surface area contributed by atoms with Gasteiger partial charge in [-0.15, -0.1) is 0 Å². The number of hydrogen-bond donors (Lipinski definition) is 1. The highest BCUT2D eigenvalue weighted by molar-refractivity contribution is 6.09. The highest BCUT2D eigenvalue weighted by Gasteiger charge is 2.13. The number of fused-ring (bicyclic) bond motifs is 3. The van der Waals surface area contributed by atoms with Gasteiger partial charge >= 0.3 is 0 Å². The fourth-order valence-electron chi connectivity index (χ4n) is 4.76. The van der Waals surface area contributed by atoms with Crippen molar-refractivity contribution in [1.82, 2.24) is 19.7 Å². The first-order valence-corrected chi connectivity index (χ1v) is 12.7. The number of nitrogens with one attached hydrogen (secondary N) is 1. The van der Waals surface area contributed by atoms with Gasteiger partial charge in [-0.2, -0.15) is 0 Å². The normalized spacial score (nSPS) is 11.9. The van der Waals surface area contributed by atoms with Gasteiger partial charge in [0.05, 0.1) is 7.11 Å².